The van der Waals surface area contributed by atoms with Crippen LogP contribution in [0.4, 0.5) is 0 Å². The van der Waals surface area contributed by atoms with Gasteiger partial charge < -0.3 is 10.2 Å². The average molecular weight is 417 g/mol. The molecule has 1 fully saturated rings. The predicted molar refractivity (Wildman–Crippen MR) is 111 cm³/mol. The first-order valence-electron chi connectivity index (χ1n) is 8.60. The van der Waals surface area contributed by atoms with E-state index in [-0.39, 0.29) is 30.7 Å². The topological polar surface area (TPSA) is 58.1 Å². The van der Waals surface area contributed by atoms with E-state index in [0.29, 0.717) is 12.3 Å². The van der Waals surface area contributed by atoms with Crippen LogP contribution in [0.25, 0.3) is 10.7 Å². The molecule has 2 aromatic heterocycles. The lowest BCUT2D eigenvalue weighted by molar-refractivity contribution is -0.131. The van der Waals surface area contributed by atoms with Gasteiger partial charge in [0.1, 0.15) is 5.01 Å². The van der Waals surface area contributed by atoms with Crippen molar-refractivity contribution in [2.45, 2.75) is 26.2 Å². The molecule has 3 heterocycles. The third-order valence-electron chi connectivity index (χ3n) is 4.42. The van der Waals surface area contributed by atoms with E-state index in [0.717, 1.165) is 55.4 Å². The molecule has 0 unspecified atom stereocenters. The number of aromatic nitrogens is 2. The van der Waals surface area contributed by atoms with E-state index in [1.54, 1.807) is 17.5 Å². The fourth-order valence-electron chi connectivity index (χ4n) is 3.00. The molecule has 1 amide bonds. The SMILES string of the molecule is CCNCC1CCN(C(=O)Cc2csc(-c3ccccn3)n2)CC1.Cl.Cl. The van der Waals surface area contributed by atoms with E-state index >= 15 is 0 Å². The lowest BCUT2D eigenvalue weighted by Gasteiger charge is -2.32. The van der Waals surface area contributed by atoms with Crippen LogP contribution in [0.1, 0.15) is 25.5 Å². The minimum absolute atomic E-state index is 0. The van der Waals surface area contributed by atoms with E-state index in [2.05, 4.69) is 22.2 Å². The Kier molecular flexibility index (Phi) is 10.1. The highest BCUT2D eigenvalue weighted by Gasteiger charge is 2.23. The third kappa shape index (κ3) is 6.20. The maximum absolute atomic E-state index is 12.5. The van der Waals surface area contributed by atoms with Gasteiger partial charge in [-0.05, 0) is 44.0 Å². The molecule has 1 saturated heterocycles. The molecule has 0 aromatic carbocycles. The zero-order valence-electron chi connectivity index (χ0n) is 14.9. The molecule has 1 N–H and O–H groups in total. The van der Waals surface area contributed by atoms with Crippen molar-refractivity contribution in [2.24, 2.45) is 5.92 Å². The first kappa shape index (κ1) is 22.8. The van der Waals surface area contributed by atoms with Crippen molar-refractivity contribution in [3.63, 3.8) is 0 Å². The summed E-state index contributed by atoms with van der Waals surface area (Å²) < 4.78 is 0. The Morgan fingerprint density at radius 3 is 2.73 bits per heavy atom. The van der Waals surface area contributed by atoms with Gasteiger partial charge in [0.2, 0.25) is 5.91 Å². The minimum atomic E-state index is 0. The van der Waals surface area contributed by atoms with Gasteiger partial charge in [-0.25, -0.2) is 4.98 Å². The van der Waals surface area contributed by atoms with Crippen molar-refractivity contribution in [3.05, 3.63) is 35.5 Å². The van der Waals surface area contributed by atoms with Crippen LogP contribution < -0.4 is 5.32 Å². The van der Waals surface area contributed by atoms with Gasteiger partial charge >= 0.3 is 0 Å². The number of carbonyl (C=O) groups excluding carboxylic acids is 1. The number of likely N-dealkylation sites (tertiary alicyclic amines) is 1. The molecular formula is C18H26Cl2N4OS. The number of hydrogen-bond donors (Lipinski definition) is 1. The van der Waals surface area contributed by atoms with Crippen molar-refractivity contribution in [3.8, 4) is 10.7 Å². The van der Waals surface area contributed by atoms with E-state index < -0.39 is 0 Å². The Morgan fingerprint density at radius 2 is 2.08 bits per heavy atom. The quantitative estimate of drug-likeness (QED) is 0.783. The van der Waals surface area contributed by atoms with Crippen molar-refractivity contribution in [1.29, 1.82) is 0 Å². The van der Waals surface area contributed by atoms with Crippen LogP contribution in [-0.2, 0) is 11.2 Å². The standard InChI is InChI=1S/C18H24N4OS.2ClH/c1-2-19-12-14-6-9-22(10-7-14)17(23)11-15-13-24-18(21-15)16-5-3-4-8-20-16;;/h3-5,8,13-14,19H,2,6-7,9-12H2,1H3;2*1H. The smallest absolute Gasteiger partial charge is 0.228 e. The van der Waals surface area contributed by atoms with Gasteiger partial charge in [-0.1, -0.05) is 13.0 Å². The van der Waals surface area contributed by atoms with Gasteiger partial charge in [0, 0.05) is 24.7 Å². The highest BCUT2D eigenvalue weighted by atomic mass is 35.5. The lowest BCUT2D eigenvalue weighted by Crippen LogP contribution is -2.41. The summed E-state index contributed by atoms with van der Waals surface area (Å²) in [6.45, 7) is 5.95. The predicted octanol–water partition coefficient (Wildman–Crippen LogP) is 3.44. The van der Waals surface area contributed by atoms with Crippen LogP contribution in [0, 0.1) is 5.92 Å². The summed E-state index contributed by atoms with van der Waals surface area (Å²) in [6, 6.07) is 5.78. The molecule has 1 aliphatic rings. The van der Waals surface area contributed by atoms with Gasteiger partial charge in [0.25, 0.3) is 0 Å². The molecule has 144 valence electrons. The number of halogens is 2. The molecule has 3 rings (SSSR count). The third-order valence-corrected chi connectivity index (χ3v) is 5.33. The van der Waals surface area contributed by atoms with Gasteiger partial charge in [-0.2, -0.15) is 0 Å². The average Bonchev–Trinajstić information content (AvgIpc) is 3.09. The molecule has 0 bridgehead atoms. The first-order chi connectivity index (χ1) is 11.8. The van der Waals surface area contributed by atoms with Crippen LogP contribution in [0.2, 0.25) is 0 Å². The van der Waals surface area contributed by atoms with Crippen molar-refractivity contribution >= 4 is 42.1 Å². The maximum atomic E-state index is 12.5. The summed E-state index contributed by atoms with van der Waals surface area (Å²) in [7, 11) is 0. The number of nitrogens with one attached hydrogen (secondary N) is 1. The number of thiazole rings is 1. The van der Waals surface area contributed by atoms with E-state index in [1.165, 1.54) is 0 Å². The molecule has 0 saturated carbocycles. The highest BCUT2D eigenvalue weighted by Crippen LogP contribution is 2.22. The fourth-order valence-corrected chi connectivity index (χ4v) is 3.79. The van der Waals surface area contributed by atoms with Gasteiger partial charge in [-0.3, -0.25) is 9.78 Å². The molecule has 0 atom stereocenters. The number of pyridine rings is 1. The second-order valence-corrected chi connectivity index (χ2v) is 7.03. The number of rotatable bonds is 6. The van der Waals surface area contributed by atoms with Crippen molar-refractivity contribution in [1.82, 2.24) is 20.2 Å². The number of hydrogen-bond acceptors (Lipinski definition) is 5. The van der Waals surface area contributed by atoms with E-state index in [4.69, 9.17) is 0 Å². The van der Waals surface area contributed by atoms with Gasteiger partial charge in [0.05, 0.1) is 17.8 Å². The molecule has 1 aliphatic heterocycles. The first-order valence-corrected chi connectivity index (χ1v) is 9.48. The summed E-state index contributed by atoms with van der Waals surface area (Å²) in [5, 5.41) is 6.25. The van der Waals surface area contributed by atoms with Crippen LogP contribution in [0.3, 0.4) is 0 Å². The summed E-state index contributed by atoms with van der Waals surface area (Å²) in [6.07, 6.45) is 4.34. The largest absolute Gasteiger partial charge is 0.342 e. The molecular weight excluding hydrogens is 391 g/mol. The summed E-state index contributed by atoms with van der Waals surface area (Å²) in [4.78, 5) is 23.4. The summed E-state index contributed by atoms with van der Waals surface area (Å²) in [5.41, 5.74) is 1.71. The number of amides is 1. The summed E-state index contributed by atoms with van der Waals surface area (Å²) >= 11 is 1.55. The Balaban J connectivity index is 0.00000169. The maximum Gasteiger partial charge on any atom is 0.228 e. The Labute approximate surface area is 171 Å². The zero-order chi connectivity index (χ0) is 16.8. The number of piperidine rings is 1. The highest BCUT2D eigenvalue weighted by molar-refractivity contribution is 7.13. The van der Waals surface area contributed by atoms with Crippen LogP contribution in [0.5, 0.6) is 0 Å². The second-order valence-electron chi connectivity index (χ2n) is 6.17. The Morgan fingerprint density at radius 1 is 1.31 bits per heavy atom. The van der Waals surface area contributed by atoms with E-state index in [9.17, 15) is 4.79 Å². The van der Waals surface area contributed by atoms with Gasteiger partial charge in [0.15, 0.2) is 0 Å². The monoisotopic (exact) mass is 416 g/mol. The Bertz CT molecular complexity index is 660. The van der Waals surface area contributed by atoms with Crippen LogP contribution in [0.15, 0.2) is 29.8 Å². The molecule has 0 aliphatic carbocycles. The van der Waals surface area contributed by atoms with Gasteiger partial charge in [-0.15, -0.1) is 36.2 Å². The zero-order valence-corrected chi connectivity index (χ0v) is 17.3. The van der Waals surface area contributed by atoms with Crippen LogP contribution >= 0.6 is 36.2 Å². The molecule has 8 heteroatoms. The fraction of sp³-hybridized carbons (Fsp3) is 0.500. The van der Waals surface area contributed by atoms with Crippen molar-refractivity contribution < 1.29 is 4.79 Å². The normalized spacial score (nSPS) is 14.4. The number of carbonyl (C=O) groups is 1. The van der Waals surface area contributed by atoms with E-state index in [1.807, 2.05) is 28.5 Å². The Hall–Kier alpha value is -1.21. The molecule has 2 aromatic rings. The lowest BCUT2D eigenvalue weighted by atomic mass is 9.96. The molecule has 26 heavy (non-hydrogen) atoms. The molecule has 0 radical (unpaired) electrons. The second kappa shape index (κ2) is 11.5. The number of nitrogens with zero attached hydrogens (tertiary/aromatic N) is 3. The molecule has 5 nitrogen and oxygen atoms in total. The summed E-state index contributed by atoms with van der Waals surface area (Å²) in [5.74, 6) is 0.888. The minimum Gasteiger partial charge on any atom is -0.342 e. The van der Waals surface area contributed by atoms with Crippen LogP contribution in [-0.4, -0.2) is 47.0 Å². The van der Waals surface area contributed by atoms with Crippen molar-refractivity contribution in [2.75, 3.05) is 26.2 Å². The molecule has 0 spiro atoms.